The molecule has 4 aromatic carbocycles. The van der Waals surface area contributed by atoms with Gasteiger partial charge < -0.3 is 9.13 Å². The number of para-hydroxylation sites is 2. The quantitative estimate of drug-likeness (QED) is 0.114. The van der Waals surface area contributed by atoms with Crippen molar-refractivity contribution in [1.82, 2.24) is 9.13 Å². The number of halogens is 1. The number of rotatable bonds is 8. The molecular weight excluding hydrogens is 747 g/mol. The predicted octanol–water partition coefficient (Wildman–Crippen LogP) is 11.9. The summed E-state index contributed by atoms with van der Waals surface area (Å²) in [6.45, 7) is 2.21. The lowest BCUT2D eigenvalue weighted by Gasteiger charge is -2.19. The third-order valence-corrected chi connectivity index (χ3v) is 10.9. The van der Waals surface area contributed by atoms with Crippen LogP contribution in [-0.4, -0.2) is 13.6 Å². The Morgan fingerprint density at radius 2 is 1.63 bits per heavy atom. The van der Waals surface area contributed by atoms with E-state index in [1.165, 1.54) is 33.5 Å². The van der Waals surface area contributed by atoms with Gasteiger partial charge in [0.1, 0.15) is 6.07 Å². The summed E-state index contributed by atoms with van der Waals surface area (Å²) in [6.07, 6.45) is 21.9. The van der Waals surface area contributed by atoms with E-state index < -0.39 is 0 Å². The van der Waals surface area contributed by atoms with Crippen LogP contribution in [0.2, 0.25) is 0 Å². The monoisotopic (exact) mass is 784 g/mol. The molecule has 0 aliphatic heterocycles. The summed E-state index contributed by atoms with van der Waals surface area (Å²) < 4.78 is 5.74. The Kier molecular flexibility index (Phi) is 9.37. The first-order valence-electron chi connectivity index (χ1n) is 17.9. The van der Waals surface area contributed by atoms with Crippen LogP contribution in [0, 0.1) is 29.6 Å². The average molecular weight is 785 g/mol. The fourth-order valence-corrected chi connectivity index (χ4v) is 8.37. The number of aromatic nitrogens is 2. The van der Waals surface area contributed by atoms with E-state index in [1.807, 2.05) is 12.1 Å². The first-order chi connectivity index (χ1) is 25.6. The highest BCUT2D eigenvalue weighted by Crippen LogP contribution is 2.40. The van der Waals surface area contributed by atoms with Crippen LogP contribution in [-0.2, 0) is 19.3 Å². The average Bonchev–Trinajstić information content (AvgIpc) is 3.52. The molecule has 6 aromatic rings. The molecule has 0 saturated carbocycles. The minimum atomic E-state index is 0.305. The normalized spacial score (nSPS) is 13.2. The van der Waals surface area contributed by atoms with Gasteiger partial charge in [0.25, 0.3) is 0 Å². The third-order valence-electron chi connectivity index (χ3n) is 10.3. The van der Waals surface area contributed by atoms with Gasteiger partial charge in [0, 0.05) is 38.1 Å². The second kappa shape index (κ2) is 14.5. The van der Waals surface area contributed by atoms with Crippen molar-refractivity contribution >= 4 is 51.7 Å². The van der Waals surface area contributed by atoms with Crippen molar-refractivity contribution in [3.05, 3.63) is 160 Å². The van der Waals surface area contributed by atoms with E-state index in [1.54, 1.807) is 0 Å². The minimum absolute atomic E-state index is 0.305. The first-order valence-corrected chi connectivity index (χ1v) is 19.4. The Morgan fingerprint density at radius 3 is 2.48 bits per heavy atom. The zero-order valence-electron chi connectivity index (χ0n) is 29.1. The predicted molar refractivity (Wildman–Crippen MR) is 224 cm³/mol. The van der Waals surface area contributed by atoms with Crippen LogP contribution in [0.25, 0.3) is 62.8 Å². The molecule has 8 rings (SSSR count). The second-order valence-electron chi connectivity index (χ2n) is 13.3. The SMILES string of the molecule is Cc1c(/C=C\CCI)c2c(n1-c1ccc(CC#N)c(-c3cccc(-c4cccc(C#N)c4-n4c5c(c6ccccc64)CCC=C5)c3)c1)C=CC=CC2. The zero-order valence-corrected chi connectivity index (χ0v) is 31.3. The number of hydrogen-bond donors (Lipinski definition) is 0. The molecule has 2 heterocycles. The molecule has 2 aliphatic rings. The van der Waals surface area contributed by atoms with Gasteiger partial charge in [-0.3, -0.25) is 0 Å². The molecular formula is C47H37IN4. The van der Waals surface area contributed by atoms with Gasteiger partial charge in [0.15, 0.2) is 0 Å². The van der Waals surface area contributed by atoms with Crippen molar-refractivity contribution in [3.8, 4) is 45.8 Å². The van der Waals surface area contributed by atoms with Gasteiger partial charge in [-0.25, -0.2) is 0 Å². The smallest absolute Gasteiger partial charge is 0.101 e. The van der Waals surface area contributed by atoms with Crippen LogP contribution < -0.4 is 0 Å². The molecule has 0 unspecified atom stereocenters. The Bertz CT molecular complexity index is 2570. The van der Waals surface area contributed by atoms with Gasteiger partial charge in [-0.05, 0) is 114 Å². The molecule has 0 atom stereocenters. The molecule has 0 radical (unpaired) electrons. The highest BCUT2D eigenvalue weighted by Gasteiger charge is 2.23. The number of nitriles is 2. The van der Waals surface area contributed by atoms with E-state index in [4.69, 9.17) is 0 Å². The number of nitrogens with zero attached hydrogens (tertiary/aromatic N) is 4. The van der Waals surface area contributed by atoms with Gasteiger partial charge >= 0.3 is 0 Å². The van der Waals surface area contributed by atoms with Crippen molar-refractivity contribution in [1.29, 1.82) is 10.5 Å². The molecule has 252 valence electrons. The topological polar surface area (TPSA) is 57.4 Å². The van der Waals surface area contributed by atoms with Gasteiger partial charge in [0.05, 0.1) is 29.3 Å². The Hall–Kier alpha value is -5.63. The lowest BCUT2D eigenvalue weighted by Crippen LogP contribution is -2.05. The van der Waals surface area contributed by atoms with Crippen LogP contribution in [0.1, 0.15) is 57.7 Å². The summed E-state index contributed by atoms with van der Waals surface area (Å²) >= 11 is 2.43. The van der Waals surface area contributed by atoms with Gasteiger partial charge in [-0.15, -0.1) is 0 Å². The molecule has 0 amide bonds. The fraction of sp³-hybridized carbons (Fsp3) is 0.149. The lowest BCUT2D eigenvalue weighted by atomic mass is 9.93. The highest BCUT2D eigenvalue weighted by molar-refractivity contribution is 14.1. The number of alkyl halides is 1. The number of allylic oxidation sites excluding steroid dienone is 5. The molecule has 5 heteroatoms. The first kappa shape index (κ1) is 33.5. The highest BCUT2D eigenvalue weighted by atomic mass is 127. The molecule has 0 spiro atoms. The van der Waals surface area contributed by atoms with E-state index in [0.717, 1.165) is 80.5 Å². The van der Waals surface area contributed by atoms with Gasteiger partial charge in [-0.1, -0.05) is 114 Å². The van der Waals surface area contributed by atoms with Crippen LogP contribution >= 0.6 is 22.6 Å². The largest absolute Gasteiger partial charge is 0.314 e. The number of fused-ring (bicyclic) bond motifs is 4. The maximum atomic E-state index is 10.5. The van der Waals surface area contributed by atoms with Crippen molar-refractivity contribution in [2.45, 2.75) is 39.0 Å². The Morgan fingerprint density at radius 1 is 0.808 bits per heavy atom. The van der Waals surface area contributed by atoms with Crippen LogP contribution in [0.4, 0.5) is 0 Å². The summed E-state index contributed by atoms with van der Waals surface area (Å²) in [5.41, 5.74) is 16.3. The molecule has 0 N–H and O–H groups in total. The lowest BCUT2D eigenvalue weighted by molar-refractivity contribution is 0.967. The summed E-state index contributed by atoms with van der Waals surface area (Å²) in [5, 5.41) is 21.6. The third kappa shape index (κ3) is 5.86. The molecule has 4 nitrogen and oxygen atoms in total. The van der Waals surface area contributed by atoms with Crippen LogP contribution in [0.3, 0.4) is 0 Å². The van der Waals surface area contributed by atoms with Crippen molar-refractivity contribution in [2.24, 2.45) is 0 Å². The van der Waals surface area contributed by atoms with E-state index in [0.29, 0.717) is 12.0 Å². The van der Waals surface area contributed by atoms with Crippen LogP contribution in [0.15, 0.2) is 115 Å². The Labute approximate surface area is 319 Å². The molecule has 0 fully saturated rings. The maximum Gasteiger partial charge on any atom is 0.101 e. The zero-order chi connectivity index (χ0) is 35.6. The van der Waals surface area contributed by atoms with Crippen LogP contribution in [0.5, 0.6) is 0 Å². The van der Waals surface area contributed by atoms with Crippen molar-refractivity contribution in [3.63, 3.8) is 0 Å². The van der Waals surface area contributed by atoms with Crippen molar-refractivity contribution < 1.29 is 0 Å². The Balaban J connectivity index is 1.31. The standard InChI is InChI=1S/C47H37IN4/c1-32-38(16-9-10-27-48)40-17-3-2-4-21-44(40)51(32)37-25-24-33(26-28-49)43(30-37)35-14-11-13-34(29-35)39-20-12-15-36(31-50)47(39)52-45-22-7-5-18-41(45)42-19-6-8-23-46(42)52/h2-5,7-9,11-16,18,20-25,29-30H,6,10,17,19,26-27H2,1H3/b16-9-. The molecule has 0 bridgehead atoms. The molecule has 2 aliphatic carbocycles. The fourth-order valence-electron chi connectivity index (χ4n) is 8.01. The van der Waals surface area contributed by atoms with E-state index in [9.17, 15) is 10.5 Å². The van der Waals surface area contributed by atoms with E-state index in [-0.39, 0.29) is 0 Å². The number of benzene rings is 4. The van der Waals surface area contributed by atoms with E-state index in [2.05, 4.69) is 172 Å². The van der Waals surface area contributed by atoms with Gasteiger partial charge in [0.2, 0.25) is 0 Å². The number of aryl methyl sites for hydroxylation is 1. The second-order valence-corrected chi connectivity index (χ2v) is 14.4. The summed E-state index contributed by atoms with van der Waals surface area (Å²) in [5.74, 6) is 0. The number of hydrogen-bond acceptors (Lipinski definition) is 2. The minimum Gasteiger partial charge on any atom is -0.314 e. The summed E-state index contributed by atoms with van der Waals surface area (Å²) in [6, 6.07) is 34.6. The van der Waals surface area contributed by atoms with Gasteiger partial charge in [-0.2, -0.15) is 10.5 Å². The van der Waals surface area contributed by atoms with Crippen molar-refractivity contribution in [2.75, 3.05) is 4.43 Å². The van der Waals surface area contributed by atoms with E-state index >= 15 is 0 Å². The molecule has 0 saturated heterocycles. The maximum absolute atomic E-state index is 10.5. The summed E-state index contributed by atoms with van der Waals surface area (Å²) in [4.78, 5) is 0. The molecule has 2 aromatic heterocycles. The summed E-state index contributed by atoms with van der Waals surface area (Å²) in [7, 11) is 0. The molecule has 52 heavy (non-hydrogen) atoms.